The van der Waals surface area contributed by atoms with Gasteiger partial charge in [0.05, 0.1) is 27.0 Å². The Kier molecular flexibility index (Phi) is 5.61. The molecule has 26 heavy (non-hydrogen) atoms. The highest BCUT2D eigenvalue weighted by molar-refractivity contribution is 5.87. The van der Waals surface area contributed by atoms with Crippen LogP contribution in [0.25, 0.3) is 10.8 Å². The van der Waals surface area contributed by atoms with Gasteiger partial charge in [-0.05, 0) is 53.3 Å². The number of benzene rings is 2. The molecular weight excluding hydrogens is 326 g/mol. The van der Waals surface area contributed by atoms with Crippen molar-refractivity contribution in [2.45, 2.75) is 26.2 Å². The molecule has 0 aliphatic carbocycles. The topological polar surface area (TPSA) is 40.6 Å². The van der Waals surface area contributed by atoms with Gasteiger partial charge in [-0.2, -0.15) is 0 Å². The average Bonchev–Trinajstić information content (AvgIpc) is 2.68. The van der Waals surface area contributed by atoms with Gasteiger partial charge >= 0.3 is 0 Å². The van der Waals surface area contributed by atoms with Crippen LogP contribution in [0, 0.1) is 0 Å². The molecule has 0 atom stereocenters. The summed E-state index contributed by atoms with van der Waals surface area (Å²) in [6.07, 6.45) is 4.66. The molecule has 0 saturated carbocycles. The van der Waals surface area contributed by atoms with Crippen molar-refractivity contribution in [3.8, 4) is 17.2 Å². The minimum Gasteiger partial charge on any atom is -0.496 e. The second kappa shape index (κ2) is 8.09. The average molecular weight is 351 g/mol. The first-order chi connectivity index (χ1) is 12.7. The van der Waals surface area contributed by atoms with Crippen LogP contribution >= 0.6 is 0 Å². The van der Waals surface area contributed by atoms with E-state index in [9.17, 15) is 0 Å². The van der Waals surface area contributed by atoms with Crippen molar-refractivity contribution in [1.29, 1.82) is 0 Å². The monoisotopic (exact) mass is 351 g/mol. The Labute approximate surface area is 154 Å². The van der Waals surface area contributed by atoms with Crippen LogP contribution < -0.4 is 14.2 Å². The lowest BCUT2D eigenvalue weighted by molar-refractivity contribution is 0.354. The van der Waals surface area contributed by atoms with Gasteiger partial charge in [0.25, 0.3) is 0 Å². The molecule has 3 rings (SSSR count). The van der Waals surface area contributed by atoms with Crippen LogP contribution in [0.5, 0.6) is 17.2 Å². The Bertz CT molecular complexity index is 905. The number of fused-ring (bicyclic) bond motifs is 1. The number of aryl methyl sites for hydroxylation is 1. The lowest BCUT2D eigenvalue weighted by atomic mass is 9.99. The first kappa shape index (κ1) is 18.1. The molecule has 0 aliphatic heterocycles. The van der Waals surface area contributed by atoms with E-state index >= 15 is 0 Å². The van der Waals surface area contributed by atoms with Gasteiger partial charge in [0, 0.05) is 18.0 Å². The number of hydrogen-bond acceptors (Lipinski definition) is 4. The number of methoxy groups -OCH3 is 3. The summed E-state index contributed by atoms with van der Waals surface area (Å²) < 4.78 is 16.3. The zero-order chi connectivity index (χ0) is 18.5. The fourth-order valence-electron chi connectivity index (χ4n) is 3.28. The minimum atomic E-state index is 0.732. The van der Waals surface area contributed by atoms with E-state index < -0.39 is 0 Å². The maximum Gasteiger partial charge on any atom is 0.160 e. The zero-order valence-corrected chi connectivity index (χ0v) is 15.8. The Hall–Kier alpha value is -2.75. The zero-order valence-electron chi connectivity index (χ0n) is 15.8. The van der Waals surface area contributed by atoms with Crippen molar-refractivity contribution in [1.82, 2.24) is 4.98 Å². The van der Waals surface area contributed by atoms with Crippen molar-refractivity contribution in [3.63, 3.8) is 0 Å². The summed E-state index contributed by atoms with van der Waals surface area (Å²) in [7, 11) is 5.03. The van der Waals surface area contributed by atoms with Gasteiger partial charge in [-0.25, -0.2) is 0 Å². The summed E-state index contributed by atoms with van der Waals surface area (Å²) in [5.74, 6) is 2.42. The highest BCUT2D eigenvalue weighted by atomic mass is 16.5. The van der Waals surface area contributed by atoms with E-state index in [1.165, 1.54) is 10.9 Å². The summed E-state index contributed by atoms with van der Waals surface area (Å²) in [5, 5.41) is 2.32. The number of rotatable bonds is 7. The van der Waals surface area contributed by atoms with Crippen LogP contribution in [0.2, 0.25) is 0 Å². The smallest absolute Gasteiger partial charge is 0.160 e. The largest absolute Gasteiger partial charge is 0.496 e. The Morgan fingerprint density at radius 2 is 1.62 bits per heavy atom. The van der Waals surface area contributed by atoms with Gasteiger partial charge in [0.2, 0.25) is 0 Å². The van der Waals surface area contributed by atoms with Crippen LogP contribution in [0.15, 0.2) is 42.6 Å². The molecule has 0 N–H and O–H groups in total. The van der Waals surface area contributed by atoms with E-state index in [-0.39, 0.29) is 0 Å². The second-order valence-electron chi connectivity index (χ2n) is 6.26. The molecule has 0 fully saturated rings. The van der Waals surface area contributed by atoms with Gasteiger partial charge in [0.1, 0.15) is 5.75 Å². The third-order valence-corrected chi connectivity index (χ3v) is 4.59. The quantitative estimate of drug-likeness (QED) is 0.613. The number of hydrogen-bond donors (Lipinski definition) is 0. The van der Waals surface area contributed by atoms with Crippen LogP contribution in [0.1, 0.15) is 30.2 Å². The van der Waals surface area contributed by atoms with Gasteiger partial charge in [-0.1, -0.05) is 19.4 Å². The SMILES string of the molecule is CCCc1cc2c(Cc3ccc(OC)c(OC)c3)nccc2cc1OC. The van der Waals surface area contributed by atoms with E-state index in [0.717, 1.165) is 53.2 Å². The molecule has 0 spiro atoms. The van der Waals surface area contributed by atoms with E-state index in [1.54, 1.807) is 21.3 Å². The molecule has 0 unspecified atom stereocenters. The predicted molar refractivity (Wildman–Crippen MR) is 105 cm³/mol. The fourth-order valence-corrected chi connectivity index (χ4v) is 3.28. The maximum atomic E-state index is 5.57. The van der Waals surface area contributed by atoms with Gasteiger partial charge in [-0.15, -0.1) is 0 Å². The summed E-state index contributed by atoms with van der Waals surface area (Å²) >= 11 is 0. The highest BCUT2D eigenvalue weighted by Gasteiger charge is 2.11. The molecule has 0 aliphatic rings. The predicted octanol–water partition coefficient (Wildman–Crippen LogP) is 4.80. The number of pyridine rings is 1. The van der Waals surface area contributed by atoms with E-state index in [1.807, 2.05) is 24.4 Å². The third kappa shape index (κ3) is 3.59. The Morgan fingerprint density at radius 1 is 0.846 bits per heavy atom. The van der Waals surface area contributed by atoms with Crippen LogP contribution in [0.3, 0.4) is 0 Å². The molecule has 136 valence electrons. The lowest BCUT2D eigenvalue weighted by Gasteiger charge is -2.13. The second-order valence-corrected chi connectivity index (χ2v) is 6.26. The van der Waals surface area contributed by atoms with E-state index in [4.69, 9.17) is 14.2 Å². The van der Waals surface area contributed by atoms with E-state index in [2.05, 4.69) is 30.1 Å². The number of nitrogens with zero attached hydrogens (tertiary/aromatic N) is 1. The third-order valence-electron chi connectivity index (χ3n) is 4.59. The van der Waals surface area contributed by atoms with Crippen molar-refractivity contribution in [3.05, 3.63) is 59.4 Å². The molecule has 3 aromatic rings. The molecule has 4 heteroatoms. The molecule has 0 saturated heterocycles. The molecule has 0 radical (unpaired) electrons. The summed E-state index contributed by atoms with van der Waals surface area (Å²) in [6.45, 7) is 2.18. The molecule has 0 bridgehead atoms. The lowest BCUT2D eigenvalue weighted by Crippen LogP contribution is -1.98. The summed E-state index contributed by atoms with van der Waals surface area (Å²) in [6, 6.07) is 12.4. The van der Waals surface area contributed by atoms with Crippen LogP contribution in [-0.2, 0) is 12.8 Å². The summed E-state index contributed by atoms with van der Waals surface area (Å²) in [5.41, 5.74) is 3.41. The Balaban J connectivity index is 2.03. The normalized spacial score (nSPS) is 10.8. The highest BCUT2D eigenvalue weighted by Crippen LogP contribution is 2.31. The standard InChI is InChI=1S/C22H25NO3/c1-5-6-17-13-18-16(14-21(17)25-3)9-10-23-19(18)11-15-7-8-20(24-2)22(12-15)26-4/h7-10,12-14H,5-6,11H2,1-4H3. The van der Waals surface area contributed by atoms with Crippen molar-refractivity contribution < 1.29 is 14.2 Å². The molecule has 1 heterocycles. The molecular formula is C22H25NO3. The minimum absolute atomic E-state index is 0.732. The van der Waals surface area contributed by atoms with Crippen LogP contribution in [0.4, 0.5) is 0 Å². The van der Waals surface area contributed by atoms with Gasteiger partial charge in [0.15, 0.2) is 11.5 Å². The number of aromatic nitrogens is 1. The Morgan fingerprint density at radius 3 is 2.31 bits per heavy atom. The van der Waals surface area contributed by atoms with Crippen molar-refractivity contribution in [2.75, 3.05) is 21.3 Å². The van der Waals surface area contributed by atoms with Crippen LogP contribution in [-0.4, -0.2) is 26.3 Å². The maximum absolute atomic E-state index is 5.57. The molecule has 0 amide bonds. The molecule has 4 nitrogen and oxygen atoms in total. The van der Waals surface area contributed by atoms with Crippen molar-refractivity contribution >= 4 is 10.8 Å². The first-order valence-electron chi connectivity index (χ1n) is 8.85. The summed E-state index contributed by atoms with van der Waals surface area (Å²) in [4.78, 5) is 4.64. The molecule has 1 aromatic heterocycles. The van der Waals surface area contributed by atoms with E-state index in [0.29, 0.717) is 0 Å². The van der Waals surface area contributed by atoms with Gasteiger partial charge < -0.3 is 14.2 Å². The number of ether oxygens (including phenoxy) is 3. The van der Waals surface area contributed by atoms with Crippen molar-refractivity contribution in [2.24, 2.45) is 0 Å². The first-order valence-corrected chi connectivity index (χ1v) is 8.85. The van der Waals surface area contributed by atoms with Gasteiger partial charge in [-0.3, -0.25) is 4.98 Å². The molecule has 2 aromatic carbocycles. The fraction of sp³-hybridized carbons (Fsp3) is 0.318.